The molecular formula is C19H21FN2O3S. The van der Waals surface area contributed by atoms with Crippen molar-refractivity contribution in [1.82, 2.24) is 4.90 Å². The molecule has 0 aliphatic carbocycles. The number of piperidine rings is 1. The van der Waals surface area contributed by atoms with Gasteiger partial charge in [0.05, 0.1) is 4.90 Å². The zero-order valence-corrected chi connectivity index (χ0v) is 15.3. The Morgan fingerprint density at radius 1 is 1.08 bits per heavy atom. The zero-order valence-electron chi connectivity index (χ0n) is 14.5. The molecule has 1 atom stereocenters. The summed E-state index contributed by atoms with van der Waals surface area (Å²) in [5, 5.41) is 0. The first kappa shape index (κ1) is 18.4. The fourth-order valence-electron chi connectivity index (χ4n) is 3.07. The van der Waals surface area contributed by atoms with Crippen molar-refractivity contribution in [1.29, 1.82) is 0 Å². The number of nitrogens with zero attached hydrogens (tertiary/aromatic N) is 1. The molecule has 1 aliphatic rings. The second kappa shape index (κ2) is 7.45. The fraction of sp³-hybridized carbons (Fsp3) is 0.316. The largest absolute Gasteiger partial charge is 0.336 e. The summed E-state index contributed by atoms with van der Waals surface area (Å²) in [5.74, 6) is -0.538. The number of hydrogen-bond donors (Lipinski definition) is 1. The van der Waals surface area contributed by atoms with Crippen molar-refractivity contribution in [3.05, 3.63) is 59.9 Å². The van der Waals surface area contributed by atoms with Gasteiger partial charge in [0.25, 0.3) is 15.9 Å². The number of rotatable bonds is 4. The number of nitrogens with one attached hydrogen (secondary N) is 1. The monoisotopic (exact) mass is 376 g/mol. The van der Waals surface area contributed by atoms with Gasteiger partial charge in [-0.2, -0.15) is 0 Å². The number of anilines is 1. The summed E-state index contributed by atoms with van der Waals surface area (Å²) in [5.41, 5.74) is 0.876. The highest BCUT2D eigenvalue weighted by Crippen LogP contribution is 2.21. The Bertz CT molecular complexity index is 880. The molecule has 5 nitrogen and oxygen atoms in total. The van der Waals surface area contributed by atoms with Gasteiger partial charge in [-0.25, -0.2) is 12.8 Å². The van der Waals surface area contributed by atoms with Crippen LogP contribution in [0, 0.1) is 5.82 Å². The summed E-state index contributed by atoms with van der Waals surface area (Å²) in [6.45, 7) is 2.79. The van der Waals surface area contributed by atoms with E-state index in [0.717, 1.165) is 37.9 Å². The van der Waals surface area contributed by atoms with Crippen molar-refractivity contribution in [2.75, 3.05) is 11.3 Å². The summed E-state index contributed by atoms with van der Waals surface area (Å²) in [4.78, 5) is 14.4. The summed E-state index contributed by atoms with van der Waals surface area (Å²) >= 11 is 0. The highest BCUT2D eigenvalue weighted by molar-refractivity contribution is 7.92. The third kappa shape index (κ3) is 4.04. The first-order chi connectivity index (χ1) is 12.4. The van der Waals surface area contributed by atoms with Crippen molar-refractivity contribution in [2.24, 2.45) is 0 Å². The van der Waals surface area contributed by atoms with Gasteiger partial charge in [0, 0.05) is 23.8 Å². The van der Waals surface area contributed by atoms with E-state index in [9.17, 15) is 17.6 Å². The Hall–Kier alpha value is -2.41. The maximum atomic E-state index is 13.0. The van der Waals surface area contributed by atoms with Gasteiger partial charge in [0.1, 0.15) is 5.82 Å². The molecule has 26 heavy (non-hydrogen) atoms. The van der Waals surface area contributed by atoms with E-state index < -0.39 is 15.8 Å². The van der Waals surface area contributed by atoms with Gasteiger partial charge in [-0.15, -0.1) is 0 Å². The molecule has 0 saturated carbocycles. The summed E-state index contributed by atoms with van der Waals surface area (Å²) in [7, 11) is -3.80. The van der Waals surface area contributed by atoms with Crippen LogP contribution in [0.4, 0.5) is 10.1 Å². The van der Waals surface area contributed by atoms with E-state index in [1.807, 2.05) is 11.8 Å². The van der Waals surface area contributed by atoms with Crippen LogP contribution in [-0.4, -0.2) is 31.8 Å². The summed E-state index contributed by atoms with van der Waals surface area (Å²) in [6, 6.07) is 11.2. The molecule has 2 aromatic carbocycles. The van der Waals surface area contributed by atoms with Gasteiger partial charge < -0.3 is 4.90 Å². The highest BCUT2D eigenvalue weighted by Gasteiger charge is 2.24. The Kier molecular flexibility index (Phi) is 5.27. The van der Waals surface area contributed by atoms with E-state index >= 15 is 0 Å². The third-order valence-electron chi connectivity index (χ3n) is 4.57. The van der Waals surface area contributed by atoms with Gasteiger partial charge in [-0.3, -0.25) is 9.52 Å². The molecule has 3 rings (SSSR count). The topological polar surface area (TPSA) is 66.5 Å². The number of carbonyl (C=O) groups excluding carboxylic acids is 1. The zero-order chi connectivity index (χ0) is 18.7. The van der Waals surface area contributed by atoms with E-state index in [-0.39, 0.29) is 16.8 Å². The van der Waals surface area contributed by atoms with Gasteiger partial charge in [0.15, 0.2) is 0 Å². The Balaban J connectivity index is 1.73. The number of amides is 1. The molecule has 1 saturated heterocycles. The Morgan fingerprint density at radius 2 is 1.73 bits per heavy atom. The lowest BCUT2D eigenvalue weighted by Crippen LogP contribution is -2.42. The molecular weight excluding hydrogens is 355 g/mol. The molecule has 1 aliphatic heterocycles. The van der Waals surface area contributed by atoms with E-state index in [1.165, 1.54) is 12.1 Å². The molecule has 2 aromatic rings. The molecule has 0 unspecified atom stereocenters. The minimum absolute atomic E-state index is 0.0267. The molecule has 0 aromatic heterocycles. The van der Waals surface area contributed by atoms with E-state index in [1.54, 1.807) is 24.3 Å². The highest BCUT2D eigenvalue weighted by atomic mass is 32.2. The van der Waals surface area contributed by atoms with E-state index in [0.29, 0.717) is 11.3 Å². The SMILES string of the molecule is C[C@H]1CCCCN1C(=O)c1ccc(NS(=O)(=O)c2ccc(F)cc2)cc1. The maximum absolute atomic E-state index is 13.0. The number of sulfonamides is 1. The Labute approximate surface area is 152 Å². The normalized spacial score (nSPS) is 17.8. The van der Waals surface area contributed by atoms with Crippen LogP contribution < -0.4 is 4.72 Å². The molecule has 1 N–H and O–H groups in total. The second-order valence-corrected chi connectivity index (χ2v) is 8.16. The summed E-state index contributed by atoms with van der Waals surface area (Å²) < 4.78 is 40.0. The van der Waals surface area contributed by atoms with Crippen molar-refractivity contribution >= 4 is 21.6 Å². The van der Waals surface area contributed by atoms with Gasteiger partial charge in [0.2, 0.25) is 0 Å². The van der Waals surface area contributed by atoms with Crippen molar-refractivity contribution in [3.63, 3.8) is 0 Å². The Morgan fingerprint density at radius 3 is 2.35 bits per heavy atom. The lowest BCUT2D eigenvalue weighted by molar-refractivity contribution is 0.0635. The van der Waals surface area contributed by atoms with Crippen LogP contribution >= 0.6 is 0 Å². The second-order valence-electron chi connectivity index (χ2n) is 6.48. The van der Waals surface area contributed by atoms with Crippen LogP contribution in [0.15, 0.2) is 53.4 Å². The maximum Gasteiger partial charge on any atom is 0.261 e. The average Bonchev–Trinajstić information content (AvgIpc) is 2.62. The first-order valence-electron chi connectivity index (χ1n) is 8.56. The quantitative estimate of drug-likeness (QED) is 0.886. The van der Waals surface area contributed by atoms with Crippen LogP contribution in [0.5, 0.6) is 0 Å². The van der Waals surface area contributed by atoms with Gasteiger partial charge in [-0.05, 0) is 74.7 Å². The molecule has 7 heteroatoms. The van der Waals surface area contributed by atoms with Crippen LogP contribution in [-0.2, 0) is 10.0 Å². The fourth-order valence-corrected chi connectivity index (χ4v) is 4.13. The molecule has 138 valence electrons. The molecule has 1 fully saturated rings. The smallest absolute Gasteiger partial charge is 0.261 e. The number of benzene rings is 2. The molecule has 0 spiro atoms. The average molecular weight is 376 g/mol. The number of carbonyl (C=O) groups is 1. The lowest BCUT2D eigenvalue weighted by atomic mass is 10.0. The van der Waals surface area contributed by atoms with Gasteiger partial charge >= 0.3 is 0 Å². The lowest BCUT2D eigenvalue weighted by Gasteiger charge is -2.33. The van der Waals surface area contributed by atoms with E-state index in [2.05, 4.69) is 4.72 Å². The predicted molar refractivity (Wildman–Crippen MR) is 98.0 cm³/mol. The van der Waals surface area contributed by atoms with Crippen LogP contribution in [0.3, 0.4) is 0 Å². The molecule has 1 amide bonds. The van der Waals surface area contributed by atoms with Crippen molar-refractivity contribution < 1.29 is 17.6 Å². The number of halogens is 1. The van der Waals surface area contributed by atoms with Crippen LogP contribution in [0.2, 0.25) is 0 Å². The first-order valence-corrected chi connectivity index (χ1v) is 10.0. The van der Waals surface area contributed by atoms with E-state index in [4.69, 9.17) is 0 Å². The number of likely N-dealkylation sites (tertiary alicyclic amines) is 1. The van der Waals surface area contributed by atoms with Gasteiger partial charge in [-0.1, -0.05) is 0 Å². The van der Waals surface area contributed by atoms with Crippen molar-refractivity contribution in [2.45, 2.75) is 37.1 Å². The summed E-state index contributed by atoms with van der Waals surface area (Å²) in [6.07, 6.45) is 3.14. The standard InChI is InChI=1S/C19H21FN2O3S/c1-14-4-2-3-13-22(14)19(23)15-5-9-17(10-6-15)21-26(24,25)18-11-7-16(20)8-12-18/h5-12,14,21H,2-4,13H2,1H3/t14-/m0/s1. The molecule has 1 heterocycles. The number of hydrogen-bond acceptors (Lipinski definition) is 3. The molecule has 0 bridgehead atoms. The minimum atomic E-state index is -3.80. The minimum Gasteiger partial charge on any atom is -0.336 e. The van der Waals surface area contributed by atoms with Crippen LogP contribution in [0.25, 0.3) is 0 Å². The third-order valence-corrected chi connectivity index (χ3v) is 5.97. The molecule has 0 radical (unpaired) electrons. The van der Waals surface area contributed by atoms with Crippen molar-refractivity contribution in [3.8, 4) is 0 Å². The van der Waals surface area contributed by atoms with Crippen LogP contribution in [0.1, 0.15) is 36.5 Å². The predicted octanol–water partition coefficient (Wildman–Crippen LogP) is 3.64.